The Kier molecular flexibility index (Phi) is 5.51. The smallest absolute Gasteiger partial charge is 0.270 e. The normalized spacial score (nSPS) is 10.2. The number of rotatable bonds is 6. The average Bonchev–Trinajstić information content (AvgIpc) is 2.52. The van der Waals surface area contributed by atoms with Crippen molar-refractivity contribution in [2.45, 2.75) is 19.9 Å². The number of nitrogens with one attached hydrogen (secondary N) is 2. The molecule has 0 saturated heterocycles. The number of carbonyl (C=O) groups excluding carboxylic acids is 1. The van der Waals surface area contributed by atoms with E-state index < -0.39 is 0 Å². The maximum atomic E-state index is 11.8. The molecule has 1 amide bonds. The van der Waals surface area contributed by atoms with E-state index in [1.54, 1.807) is 12.3 Å². The van der Waals surface area contributed by atoms with Crippen molar-refractivity contribution in [1.82, 2.24) is 15.3 Å². The van der Waals surface area contributed by atoms with Crippen LogP contribution in [0.3, 0.4) is 0 Å². The van der Waals surface area contributed by atoms with E-state index in [9.17, 15) is 4.79 Å². The molecule has 0 aliphatic carbocycles. The summed E-state index contributed by atoms with van der Waals surface area (Å²) in [6.45, 7) is 3.20. The van der Waals surface area contributed by atoms with Gasteiger partial charge in [0.15, 0.2) is 0 Å². The molecule has 110 valence electrons. The molecule has 1 aromatic heterocycles. The van der Waals surface area contributed by atoms with Crippen LogP contribution in [0.4, 0.5) is 5.95 Å². The second-order valence-corrected chi connectivity index (χ2v) is 4.94. The fourth-order valence-corrected chi connectivity index (χ4v) is 1.81. The summed E-state index contributed by atoms with van der Waals surface area (Å²) < 4.78 is 0. The molecule has 0 unspecified atom stereocenters. The van der Waals surface area contributed by atoms with E-state index >= 15 is 0 Å². The Bertz CT molecular complexity index is 601. The van der Waals surface area contributed by atoms with Crippen molar-refractivity contribution in [2.75, 3.05) is 11.9 Å². The van der Waals surface area contributed by atoms with Gasteiger partial charge in [0.2, 0.25) is 5.95 Å². The molecule has 1 aromatic carbocycles. The fourth-order valence-electron chi connectivity index (χ4n) is 1.68. The molecule has 0 aliphatic rings. The topological polar surface area (TPSA) is 66.9 Å². The molecule has 0 atom stereocenters. The van der Waals surface area contributed by atoms with Gasteiger partial charge in [-0.15, -0.1) is 0 Å². The fraction of sp³-hybridized carbons (Fsp3) is 0.267. The second-order valence-electron chi connectivity index (χ2n) is 4.50. The van der Waals surface area contributed by atoms with Crippen molar-refractivity contribution >= 4 is 23.5 Å². The number of aromatic nitrogens is 2. The third kappa shape index (κ3) is 4.72. The van der Waals surface area contributed by atoms with Gasteiger partial charge in [-0.25, -0.2) is 9.97 Å². The first-order valence-electron chi connectivity index (χ1n) is 6.78. The number of halogens is 1. The average molecular weight is 305 g/mol. The van der Waals surface area contributed by atoms with Crippen molar-refractivity contribution in [3.8, 4) is 0 Å². The maximum absolute atomic E-state index is 11.8. The van der Waals surface area contributed by atoms with E-state index in [1.165, 1.54) is 0 Å². The number of anilines is 1. The number of amides is 1. The molecule has 1 heterocycles. The first-order chi connectivity index (χ1) is 10.2. The Labute approximate surface area is 128 Å². The van der Waals surface area contributed by atoms with Crippen molar-refractivity contribution in [3.05, 3.63) is 52.8 Å². The molecule has 6 heteroatoms. The van der Waals surface area contributed by atoms with Gasteiger partial charge in [0, 0.05) is 24.3 Å². The molecule has 0 saturated carbocycles. The van der Waals surface area contributed by atoms with Crippen molar-refractivity contribution in [1.29, 1.82) is 0 Å². The Morgan fingerprint density at radius 3 is 2.71 bits per heavy atom. The molecular weight excluding hydrogens is 288 g/mol. The first-order valence-corrected chi connectivity index (χ1v) is 7.16. The van der Waals surface area contributed by atoms with Crippen LogP contribution in [0.5, 0.6) is 0 Å². The highest BCUT2D eigenvalue weighted by atomic mass is 35.5. The van der Waals surface area contributed by atoms with E-state index in [0.717, 1.165) is 12.0 Å². The summed E-state index contributed by atoms with van der Waals surface area (Å²) in [6, 6.07) is 9.10. The molecule has 0 aliphatic heterocycles. The van der Waals surface area contributed by atoms with Crippen LogP contribution < -0.4 is 10.6 Å². The number of hydrogen-bond donors (Lipinski definition) is 2. The maximum Gasteiger partial charge on any atom is 0.270 e. The highest BCUT2D eigenvalue weighted by Crippen LogP contribution is 2.10. The Morgan fingerprint density at radius 1 is 1.24 bits per heavy atom. The summed E-state index contributed by atoms with van der Waals surface area (Å²) in [5.74, 6) is 0.239. The molecule has 5 nitrogen and oxygen atoms in total. The standard InChI is InChI=1S/C15H17ClN4O/c1-2-8-17-14(21)13-7-9-18-15(20-13)19-10-11-3-5-12(16)6-4-11/h3-7,9H,2,8,10H2,1H3,(H,17,21)(H,18,19,20). The van der Waals surface area contributed by atoms with Gasteiger partial charge in [-0.05, 0) is 30.2 Å². The lowest BCUT2D eigenvalue weighted by Gasteiger charge is -2.07. The lowest BCUT2D eigenvalue weighted by molar-refractivity contribution is 0.0948. The number of benzene rings is 1. The van der Waals surface area contributed by atoms with Gasteiger partial charge in [0.1, 0.15) is 5.69 Å². The van der Waals surface area contributed by atoms with Crippen LogP contribution in [-0.2, 0) is 6.54 Å². The highest BCUT2D eigenvalue weighted by Gasteiger charge is 2.07. The monoisotopic (exact) mass is 304 g/mol. The predicted molar refractivity (Wildman–Crippen MR) is 83.4 cm³/mol. The van der Waals surface area contributed by atoms with Gasteiger partial charge < -0.3 is 10.6 Å². The van der Waals surface area contributed by atoms with Crippen molar-refractivity contribution < 1.29 is 4.79 Å². The van der Waals surface area contributed by atoms with Crippen molar-refractivity contribution in [2.24, 2.45) is 0 Å². The van der Waals surface area contributed by atoms with Gasteiger partial charge in [-0.1, -0.05) is 30.7 Å². The predicted octanol–water partition coefficient (Wildman–Crippen LogP) is 2.88. The highest BCUT2D eigenvalue weighted by molar-refractivity contribution is 6.30. The zero-order valence-electron chi connectivity index (χ0n) is 11.8. The Balaban J connectivity index is 1.97. The summed E-state index contributed by atoms with van der Waals surface area (Å²) in [6.07, 6.45) is 2.45. The molecule has 21 heavy (non-hydrogen) atoms. The summed E-state index contributed by atoms with van der Waals surface area (Å²) in [4.78, 5) is 20.1. The van der Waals surface area contributed by atoms with Crippen LogP contribution in [0.1, 0.15) is 29.4 Å². The van der Waals surface area contributed by atoms with E-state index in [0.29, 0.717) is 29.8 Å². The zero-order chi connectivity index (χ0) is 15.1. The molecule has 0 radical (unpaired) electrons. The van der Waals surface area contributed by atoms with Gasteiger partial charge in [-0.2, -0.15) is 0 Å². The minimum atomic E-state index is -0.186. The van der Waals surface area contributed by atoms with Crippen LogP contribution in [0.15, 0.2) is 36.5 Å². The van der Waals surface area contributed by atoms with Crippen LogP contribution in [0.2, 0.25) is 5.02 Å². The molecular formula is C15H17ClN4O. The minimum Gasteiger partial charge on any atom is -0.351 e. The summed E-state index contributed by atoms with van der Waals surface area (Å²) in [5, 5.41) is 6.57. The van der Waals surface area contributed by atoms with Crippen LogP contribution >= 0.6 is 11.6 Å². The van der Waals surface area contributed by atoms with Gasteiger partial charge >= 0.3 is 0 Å². The van der Waals surface area contributed by atoms with Crippen LogP contribution in [-0.4, -0.2) is 22.4 Å². The SMILES string of the molecule is CCCNC(=O)c1ccnc(NCc2ccc(Cl)cc2)n1. The number of hydrogen-bond acceptors (Lipinski definition) is 4. The van der Waals surface area contributed by atoms with E-state index in [2.05, 4.69) is 20.6 Å². The van der Waals surface area contributed by atoms with E-state index in [4.69, 9.17) is 11.6 Å². The van der Waals surface area contributed by atoms with Crippen LogP contribution in [0.25, 0.3) is 0 Å². The second kappa shape index (κ2) is 7.59. The Morgan fingerprint density at radius 2 is 2.00 bits per heavy atom. The summed E-state index contributed by atoms with van der Waals surface area (Å²) >= 11 is 5.84. The quantitative estimate of drug-likeness (QED) is 0.861. The molecule has 0 bridgehead atoms. The number of nitrogens with zero attached hydrogens (tertiary/aromatic N) is 2. The molecule has 2 aromatic rings. The minimum absolute atomic E-state index is 0.186. The molecule has 2 N–H and O–H groups in total. The third-order valence-electron chi connectivity index (χ3n) is 2.79. The van der Waals surface area contributed by atoms with Gasteiger partial charge in [-0.3, -0.25) is 4.79 Å². The van der Waals surface area contributed by atoms with E-state index in [1.807, 2.05) is 31.2 Å². The lowest BCUT2D eigenvalue weighted by Crippen LogP contribution is -2.25. The summed E-state index contributed by atoms with van der Waals surface area (Å²) in [7, 11) is 0. The largest absolute Gasteiger partial charge is 0.351 e. The van der Waals surface area contributed by atoms with Crippen molar-refractivity contribution in [3.63, 3.8) is 0 Å². The molecule has 0 spiro atoms. The first kappa shape index (κ1) is 15.3. The Hall–Kier alpha value is -2.14. The zero-order valence-corrected chi connectivity index (χ0v) is 12.5. The summed E-state index contributed by atoms with van der Waals surface area (Å²) in [5.41, 5.74) is 1.42. The lowest BCUT2D eigenvalue weighted by atomic mass is 10.2. The number of carbonyl (C=O) groups is 1. The molecule has 0 fully saturated rings. The third-order valence-corrected chi connectivity index (χ3v) is 3.04. The van der Waals surface area contributed by atoms with Gasteiger partial charge in [0.25, 0.3) is 5.91 Å². The van der Waals surface area contributed by atoms with E-state index in [-0.39, 0.29) is 5.91 Å². The van der Waals surface area contributed by atoms with Gasteiger partial charge in [0.05, 0.1) is 0 Å². The van der Waals surface area contributed by atoms with Crippen LogP contribution in [0, 0.1) is 0 Å². The molecule has 2 rings (SSSR count).